The van der Waals surface area contributed by atoms with E-state index in [1.165, 1.54) is 16.1 Å². The predicted octanol–water partition coefficient (Wildman–Crippen LogP) is 2.54. The minimum atomic E-state index is -3.57. The van der Waals surface area contributed by atoms with Crippen molar-refractivity contribution in [3.05, 3.63) is 53.5 Å². The molecule has 0 radical (unpaired) electrons. The van der Waals surface area contributed by atoms with E-state index in [9.17, 15) is 18.0 Å². The topological polar surface area (TPSA) is 91.1 Å². The minimum Gasteiger partial charge on any atom is -0.459 e. The summed E-state index contributed by atoms with van der Waals surface area (Å²) < 4.78 is 33.2. The van der Waals surface area contributed by atoms with Gasteiger partial charge in [-0.3, -0.25) is 9.59 Å². The van der Waals surface area contributed by atoms with E-state index in [1.54, 1.807) is 28.0 Å². The number of nitrogens with zero attached hydrogens (tertiary/aromatic N) is 3. The Morgan fingerprint density at radius 3 is 2.24 bits per heavy atom. The molecule has 0 bridgehead atoms. The van der Waals surface area contributed by atoms with Gasteiger partial charge in [-0.1, -0.05) is 6.07 Å². The first-order valence-electron chi connectivity index (χ1n) is 12.2. The Hall–Kier alpha value is -2.65. The summed E-state index contributed by atoms with van der Waals surface area (Å²) in [5.74, 6) is 0.110. The van der Waals surface area contributed by atoms with Gasteiger partial charge in [-0.05, 0) is 73.9 Å². The molecule has 3 heterocycles. The molecule has 34 heavy (non-hydrogen) atoms. The van der Waals surface area contributed by atoms with Gasteiger partial charge < -0.3 is 14.2 Å². The molecule has 0 N–H and O–H groups in total. The number of benzene rings is 1. The lowest BCUT2D eigenvalue weighted by molar-refractivity contribution is -0.138. The van der Waals surface area contributed by atoms with Crippen LogP contribution in [0.2, 0.25) is 0 Å². The molecular weight excluding hydrogens is 454 g/mol. The maximum Gasteiger partial charge on any atom is 0.289 e. The summed E-state index contributed by atoms with van der Waals surface area (Å²) in [6, 6.07) is 8.88. The zero-order chi connectivity index (χ0) is 23.7. The molecule has 1 aromatic heterocycles. The fraction of sp³-hybridized carbons (Fsp3) is 0.520. The second-order valence-corrected chi connectivity index (χ2v) is 11.3. The molecule has 0 spiro atoms. The van der Waals surface area contributed by atoms with Gasteiger partial charge in [0.15, 0.2) is 5.76 Å². The number of hydrogen-bond donors (Lipinski definition) is 0. The van der Waals surface area contributed by atoms with Crippen molar-refractivity contribution >= 4 is 21.8 Å². The number of likely N-dealkylation sites (tertiary alicyclic amines) is 1. The molecule has 1 aromatic carbocycles. The largest absolute Gasteiger partial charge is 0.459 e. The summed E-state index contributed by atoms with van der Waals surface area (Å²) in [4.78, 5) is 29.4. The quantitative estimate of drug-likeness (QED) is 0.664. The number of piperazine rings is 1. The second kappa shape index (κ2) is 9.54. The molecule has 2 aliphatic heterocycles. The molecular formula is C25H31N3O5S. The van der Waals surface area contributed by atoms with Gasteiger partial charge >= 0.3 is 0 Å². The molecule has 3 aliphatic rings. The summed E-state index contributed by atoms with van der Waals surface area (Å²) in [5.41, 5.74) is 2.41. The fourth-order valence-electron chi connectivity index (χ4n) is 5.31. The number of piperidine rings is 1. The third-order valence-electron chi connectivity index (χ3n) is 7.37. The molecule has 2 saturated heterocycles. The molecule has 0 unspecified atom stereocenters. The molecule has 2 amide bonds. The second-order valence-electron chi connectivity index (χ2n) is 9.41. The standard InChI is InChI=1S/C25H31N3O5S/c29-24(20-9-11-26(12-10-20)25(30)23-6-3-17-33-23)27-13-15-28(16-14-27)34(31,32)22-8-7-19-4-1-2-5-21(19)18-22/h3,6-8,17-18,20H,1-2,4-5,9-16H2. The van der Waals surface area contributed by atoms with Gasteiger partial charge in [0, 0.05) is 45.2 Å². The van der Waals surface area contributed by atoms with Crippen molar-refractivity contribution in [3.63, 3.8) is 0 Å². The van der Waals surface area contributed by atoms with Gasteiger partial charge in [-0.25, -0.2) is 8.42 Å². The molecule has 5 rings (SSSR count). The normalized spacial score (nSPS) is 20.2. The molecule has 9 heteroatoms. The Bertz CT molecular complexity index is 1150. The summed E-state index contributed by atoms with van der Waals surface area (Å²) in [7, 11) is -3.57. The van der Waals surface area contributed by atoms with Gasteiger partial charge in [0.25, 0.3) is 5.91 Å². The average molecular weight is 486 g/mol. The predicted molar refractivity (Wildman–Crippen MR) is 126 cm³/mol. The molecule has 0 atom stereocenters. The molecule has 8 nitrogen and oxygen atoms in total. The number of fused-ring (bicyclic) bond motifs is 1. The molecule has 2 fully saturated rings. The number of carbonyl (C=O) groups is 2. The van der Waals surface area contributed by atoms with E-state index in [1.807, 2.05) is 12.1 Å². The van der Waals surface area contributed by atoms with Crippen molar-refractivity contribution in [1.82, 2.24) is 14.1 Å². The number of carbonyl (C=O) groups excluding carboxylic acids is 2. The Morgan fingerprint density at radius 1 is 0.853 bits per heavy atom. The van der Waals surface area contributed by atoms with E-state index >= 15 is 0 Å². The Kier molecular flexibility index (Phi) is 6.48. The van der Waals surface area contributed by atoms with Crippen LogP contribution >= 0.6 is 0 Å². The smallest absolute Gasteiger partial charge is 0.289 e. The van der Waals surface area contributed by atoms with Crippen molar-refractivity contribution < 1.29 is 22.4 Å². The number of rotatable bonds is 4. The first-order chi connectivity index (χ1) is 16.4. The Morgan fingerprint density at radius 2 is 1.56 bits per heavy atom. The lowest BCUT2D eigenvalue weighted by atomic mass is 9.92. The van der Waals surface area contributed by atoms with E-state index in [0.717, 1.165) is 31.2 Å². The number of amides is 2. The van der Waals surface area contributed by atoms with Crippen LogP contribution in [-0.4, -0.2) is 73.6 Å². The van der Waals surface area contributed by atoms with E-state index < -0.39 is 10.0 Å². The first kappa shape index (κ1) is 23.1. The van der Waals surface area contributed by atoms with E-state index in [0.29, 0.717) is 62.8 Å². The van der Waals surface area contributed by atoms with Crippen LogP contribution in [0, 0.1) is 5.92 Å². The number of furan rings is 1. The van der Waals surface area contributed by atoms with Gasteiger partial charge in [0.05, 0.1) is 11.2 Å². The van der Waals surface area contributed by atoms with Crippen LogP contribution in [0.25, 0.3) is 0 Å². The van der Waals surface area contributed by atoms with Crippen LogP contribution in [0.5, 0.6) is 0 Å². The third-order valence-corrected chi connectivity index (χ3v) is 9.27. The summed E-state index contributed by atoms with van der Waals surface area (Å²) >= 11 is 0. The van der Waals surface area contributed by atoms with Crippen molar-refractivity contribution in [3.8, 4) is 0 Å². The van der Waals surface area contributed by atoms with E-state index in [-0.39, 0.29) is 17.7 Å². The maximum absolute atomic E-state index is 13.2. The van der Waals surface area contributed by atoms with Crippen LogP contribution in [0.3, 0.4) is 0 Å². The average Bonchev–Trinajstić information content (AvgIpc) is 3.43. The Balaban J connectivity index is 1.15. The fourth-order valence-corrected chi connectivity index (χ4v) is 6.79. The van der Waals surface area contributed by atoms with Crippen molar-refractivity contribution in [2.24, 2.45) is 5.92 Å². The third kappa shape index (κ3) is 4.51. The summed E-state index contributed by atoms with van der Waals surface area (Å²) in [6.07, 6.45) is 6.92. The zero-order valence-electron chi connectivity index (χ0n) is 19.3. The lowest BCUT2D eigenvalue weighted by Gasteiger charge is -2.38. The molecule has 182 valence electrons. The first-order valence-corrected chi connectivity index (χ1v) is 13.6. The monoisotopic (exact) mass is 485 g/mol. The Labute approximate surface area is 200 Å². The van der Waals surface area contributed by atoms with Crippen molar-refractivity contribution in [1.29, 1.82) is 0 Å². The maximum atomic E-state index is 13.2. The summed E-state index contributed by atoms with van der Waals surface area (Å²) in [6.45, 7) is 2.44. The van der Waals surface area contributed by atoms with Crippen LogP contribution < -0.4 is 0 Å². The van der Waals surface area contributed by atoms with Crippen LogP contribution in [-0.2, 0) is 27.7 Å². The molecule has 1 aliphatic carbocycles. The molecule has 2 aromatic rings. The van der Waals surface area contributed by atoms with Crippen molar-refractivity contribution in [2.75, 3.05) is 39.3 Å². The highest BCUT2D eigenvalue weighted by molar-refractivity contribution is 7.89. The zero-order valence-corrected chi connectivity index (χ0v) is 20.1. The van der Waals surface area contributed by atoms with Gasteiger partial charge in [0.2, 0.25) is 15.9 Å². The highest BCUT2D eigenvalue weighted by Gasteiger charge is 2.35. The molecule has 0 saturated carbocycles. The van der Waals surface area contributed by atoms with E-state index in [2.05, 4.69) is 0 Å². The lowest BCUT2D eigenvalue weighted by Crippen LogP contribution is -2.53. The SMILES string of the molecule is O=C(c1ccco1)N1CCC(C(=O)N2CCN(S(=O)(=O)c3ccc4c(c3)CCCC4)CC2)CC1. The highest BCUT2D eigenvalue weighted by atomic mass is 32.2. The van der Waals surface area contributed by atoms with Crippen LogP contribution in [0.1, 0.15) is 47.4 Å². The van der Waals surface area contributed by atoms with E-state index in [4.69, 9.17) is 4.42 Å². The van der Waals surface area contributed by atoms with Crippen LogP contribution in [0.4, 0.5) is 0 Å². The minimum absolute atomic E-state index is 0.0657. The summed E-state index contributed by atoms with van der Waals surface area (Å²) in [5, 5.41) is 0. The number of sulfonamides is 1. The van der Waals surface area contributed by atoms with Crippen LogP contribution in [0.15, 0.2) is 45.9 Å². The van der Waals surface area contributed by atoms with Crippen molar-refractivity contribution in [2.45, 2.75) is 43.4 Å². The number of hydrogen-bond acceptors (Lipinski definition) is 5. The van der Waals surface area contributed by atoms with Gasteiger partial charge in [-0.2, -0.15) is 4.31 Å². The van der Waals surface area contributed by atoms with Gasteiger partial charge in [-0.15, -0.1) is 0 Å². The van der Waals surface area contributed by atoms with Gasteiger partial charge in [0.1, 0.15) is 0 Å². The number of aryl methyl sites for hydroxylation is 2. The highest BCUT2D eigenvalue weighted by Crippen LogP contribution is 2.27.